The molecule has 1 atom stereocenters. The highest BCUT2D eigenvalue weighted by Gasteiger charge is 2.33. The minimum atomic E-state index is -0.422. The van der Waals surface area contributed by atoms with Crippen molar-refractivity contribution in [3.8, 4) is 0 Å². The maximum Gasteiger partial charge on any atom is 0.157 e. The molecule has 0 saturated heterocycles. The third-order valence-electron chi connectivity index (χ3n) is 3.84. The second-order valence-electron chi connectivity index (χ2n) is 5.22. The lowest BCUT2D eigenvalue weighted by Crippen LogP contribution is -2.48. The first-order valence-electron chi connectivity index (χ1n) is 6.27. The van der Waals surface area contributed by atoms with Crippen LogP contribution in [0.25, 0.3) is 0 Å². The maximum absolute atomic E-state index is 12.4. The van der Waals surface area contributed by atoms with Gasteiger partial charge in [-0.3, -0.25) is 9.69 Å². The Labute approximate surface area is 115 Å². The van der Waals surface area contributed by atoms with E-state index in [1.165, 1.54) is 0 Å². The van der Waals surface area contributed by atoms with Crippen LogP contribution >= 0.6 is 11.6 Å². The molecule has 1 unspecified atom stereocenters. The molecule has 2 nitrogen and oxygen atoms in total. The molecular weight excluding hydrogens is 246 g/mol. The number of likely N-dealkylation sites (N-methyl/N-ethyl adjacent to an activating group) is 1. The molecule has 0 aromatic heterocycles. The Bertz CT molecular complexity index is 442. The normalized spacial score (nSPS) is 14.6. The predicted octanol–water partition coefficient (Wildman–Crippen LogP) is 3.49. The highest BCUT2D eigenvalue weighted by molar-refractivity contribution is 6.31. The second kappa shape index (κ2) is 5.85. The van der Waals surface area contributed by atoms with Crippen LogP contribution in [0.5, 0.6) is 0 Å². The summed E-state index contributed by atoms with van der Waals surface area (Å²) in [6.45, 7) is 6.01. The van der Waals surface area contributed by atoms with Gasteiger partial charge < -0.3 is 0 Å². The smallest absolute Gasteiger partial charge is 0.157 e. The van der Waals surface area contributed by atoms with Crippen LogP contribution in [0.4, 0.5) is 0 Å². The zero-order valence-corrected chi connectivity index (χ0v) is 12.6. The number of carbonyl (C=O) groups excluding carboxylic acids is 1. The number of benzene rings is 1. The monoisotopic (exact) mass is 267 g/mol. The van der Waals surface area contributed by atoms with E-state index in [0.29, 0.717) is 11.4 Å². The van der Waals surface area contributed by atoms with Crippen molar-refractivity contribution < 1.29 is 4.79 Å². The number of aryl methyl sites for hydroxylation is 1. The third-order valence-corrected chi connectivity index (χ3v) is 4.19. The molecule has 1 aromatic rings. The molecule has 0 fully saturated rings. The van der Waals surface area contributed by atoms with E-state index in [1.54, 1.807) is 0 Å². The quantitative estimate of drug-likeness (QED) is 0.814. The number of halogens is 1. The zero-order valence-electron chi connectivity index (χ0n) is 11.9. The highest BCUT2D eigenvalue weighted by Crippen LogP contribution is 2.23. The Balaban J connectivity index is 2.93. The van der Waals surface area contributed by atoms with Gasteiger partial charge in [0.05, 0.1) is 5.54 Å². The third kappa shape index (κ3) is 3.12. The van der Waals surface area contributed by atoms with E-state index < -0.39 is 5.54 Å². The van der Waals surface area contributed by atoms with Crippen LogP contribution in [0, 0.1) is 6.92 Å². The summed E-state index contributed by atoms with van der Waals surface area (Å²) in [6.07, 6.45) is 1.18. The summed E-state index contributed by atoms with van der Waals surface area (Å²) in [6, 6.07) is 5.85. The first kappa shape index (κ1) is 15.2. The van der Waals surface area contributed by atoms with E-state index in [2.05, 4.69) is 0 Å². The minimum absolute atomic E-state index is 0.209. The summed E-state index contributed by atoms with van der Waals surface area (Å²) in [4.78, 5) is 14.4. The van der Waals surface area contributed by atoms with Gasteiger partial charge in [-0.15, -0.1) is 0 Å². The molecule has 0 spiro atoms. The molecule has 0 aliphatic rings. The number of nitrogens with zero attached hydrogens (tertiary/aromatic N) is 1. The summed E-state index contributed by atoms with van der Waals surface area (Å²) >= 11 is 6.18. The fourth-order valence-electron chi connectivity index (χ4n) is 1.92. The fourth-order valence-corrected chi connectivity index (χ4v) is 2.22. The Morgan fingerprint density at radius 2 is 2.00 bits per heavy atom. The summed E-state index contributed by atoms with van der Waals surface area (Å²) < 4.78 is 0. The van der Waals surface area contributed by atoms with Crippen LogP contribution in [0.1, 0.15) is 31.4 Å². The topological polar surface area (TPSA) is 20.3 Å². The van der Waals surface area contributed by atoms with Crippen LogP contribution in [-0.4, -0.2) is 30.3 Å². The lowest BCUT2D eigenvalue weighted by Gasteiger charge is -2.34. The Kier molecular flexibility index (Phi) is 4.94. The van der Waals surface area contributed by atoms with Crippen LogP contribution < -0.4 is 0 Å². The van der Waals surface area contributed by atoms with Crippen molar-refractivity contribution in [1.82, 2.24) is 4.90 Å². The predicted molar refractivity (Wildman–Crippen MR) is 77.3 cm³/mol. The number of Topliss-reactive ketones (excluding diaryl/α,β-unsaturated/α-hetero) is 1. The standard InChI is InChI=1S/C15H22ClNO/c1-6-15(3,17(4)5)14(18)10-12-8-7-11(2)9-13(12)16/h7-9H,6,10H2,1-5H3. The second-order valence-corrected chi connectivity index (χ2v) is 5.62. The number of ketones is 1. The lowest BCUT2D eigenvalue weighted by atomic mass is 9.88. The van der Waals surface area contributed by atoms with E-state index in [-0.39, 0.29) is 5.78 Å². The average Bonchev–Trinajstić information content (AvgIpc) is 2.31. The van der Waals surface area contributed by atoms with E-state index >= 15 is 0 Å². The van der Waals surface area contributed by atoms with Gasteiger partial charge in [-0.1, -0.05) is 30.7 Å². The first-order valence-corrected chi connectivity index (χ1v) is 6.64. The van der Waals surface area contributed by atoms with Crippen molar-refractivity contribution in [2.75, 3.05) is 14.1 Å². The van der Waals surface area contributed by atoms with Crippen LogP contribution in [0.2, 0.25) is 5.02 Å². The van der Waals surface area contributed by atoms with Gasteiger partial charge in [-0.2, -0.15) is 0 Å². The molecule has 18 heavy (non-hydrogen) atoms. The van der Waals surface area contributed by atoms with Gasteiger partial charge in [0.1, 0.15) is 0 Å². The van der Waals surface area contributed by atoms with Crippen LogP contribution in [0.3, 0.4) is 0 Å². The van der Waals surface area contributed by atoms with Gasteiger partial charge in [0.25, 0.3) is 0 Å². The fraction of sp³-hybridized carbons (Fsp3) is 0.533. The van der Waals surface area contributed by atoms with Gasteiger partial charge in [0.2, 0.25) is 0 Å². The van der Waals surface area contributed by atoms with E-state index in [1.807, 2.05) is 58.0 Å². The van der Waals surface area contributed by atoms with Gasteiger partial charge in [-0.25, -0.2) is 0 Å². The van der Waals surface area contributed by atoms with Crippen LogP contribution in [0.15, 0.2) is 18.2 Å². The molecule has 0 aliphatic carbocycles. The Morgan fingerprint density at radius 3 is 2.44 bits per heavy atom. The van der Waals surface area contributed by atoms with E-state index in [0.717, 1.165) is 17.5 Å². The largest absolute Gasteiger partial charge is 0.297 e. The Hall–Kier alpha value is -0.860. The molecule has 0 bridgehead atoms. The van der Waals surface area contributed by atoms with Crippen molar-refractivity contribution in [3.05, 3.63) is 34.3 Å². The van der Waals surface area contributed by atoms with Crippen LogP contribution in [-0.2, 0) is 11.2 Å². The maximum atomic E-state index is 12.4. The summed E-state index contributed by atoms with van der Waals surface area (Å²) in [5, 5.41) is 0.681. The first-order chi connectivity index (χ1) is 8.31. The molecule has 0 N–H and O–H groups in total. The Morgan fingerprint density at radius 1 is 1.39 bits per heavy atom. The van der Waals surface area contributed by atoms with Crippen molar-refractivity contribution in [3.63, 3.8) is 0 Å². The molecule has 100 valence electrons. The molecule has 3 heteroatoms. The molecular formula is C15H22ClNO. The van der Waals surface area contributed by atoms with Gasteiger partial charge in [0, 0.05) is 11.4 Å². The molecule has 0 saturated carbocycles. The zero-order chi connectivity index (χ0) is 13.9. The molecule has 0 amide bonds. The SMILES string of the molecule is CCC(C)(C(=O)Cc1ccc(C)cc1Cl)N(C)C. The van der Waals surface area contributed by atoms with Gasteiger partial charge in [-0.05, 0) is 51.6 Å². The summed E-state index contributed by atoms with van der Waals surface area (Å²) in [5.74, 6) is 0.209. The highest BCUT2D eigenvalue weighted by atomic mass is 35.5. The molecule has 0 heterocycles. The number of hydrogen-bond acceptors (Lipinski definition) is 2. The van der Waals surface area contributed by atoms with Crippen molar-refractivity contribution in [2.24, 2.45) is 0 Å². The molecule has 0 aliphatic heterocycles. The van der Waals surface area contributed by atoms with E-state index in [4.69, 9.17) is 11.6 Å². The summed E-state index contributed by atoms with van der Waals surface area (Å²) in [5.41, 5.74) is 1.60. The minimum Gasteiger partial charge on any atom is -0.297 e. The molecule has 1 rings (SSSR count). The number of hydrogen-bond donors (Lipinski definition) is 0. The summed E-state index contributed by atoms with van der Waals surface area (Å²) in [7, 11) is 3.89. The van der Waals surface area contributed by atoms with E-state index in [9.17, 15) is 4.79 Å². The number of carbonyl (C=O) groups is 1. The van der Waals surface area contributed by atoms with Crippen molar-refractivity contribution >= 4 is 17.4 Å². The van der Waals surface area contributed by atoms with Gasteiger partial charge >= 0.3 is 0 Å². The number of rotatable bonds is 5. The molecule has 0 radical (unpaired) electrons. The molecule has 1 aromatic carbocycles. The van der Waals surface area contributed by atoms with Crippen molar-refractivity contribution in [2.45, 2.75) is 39.2 Å². The van der Waals surface area contributed by atoms with Crippen molar-refractivity contribution in [1.29, 1.82) is 0 Å². The average molecular weight is 268 g/mol. The lowest BCUT2D eigenvalue weighted by molar-refractivity contribution is -0.128. The van der Waals surface area contributed by atoms with Gasteiger partial charge in [0.15, 0.2) is 5.78 Å².